The fourth-order valence-corrected chi connectivity index (χ4v) is 7.13. The van der Waals surface area contributed by atoms with Gasteiger partial charge in [-0.3, -0.25) is 0 Å². The van der Waals surface area contributed by atoms with Crippen LogP contribution in [-0.4, -0.2) is 4.98 Å². The highest BCUT2D eigenvalue weighted by Gasteiger charge is 2.22. The number of nitrogens with zero attached hydrogens (tertiary/aromatic N) is 2. The minimum atomic E-state index is 0.593. The molecule has 230 valence electrons. The lowest BCUT2D eigenvalue weighted by molar-refractivity contribution is 0.620. The van der Waals surface area contributed by atoms with E-state index in [-0.39, 0.29) is 0 Å². The molecule has 10 aromatic rings. The summed E-state index contributed by atoms with van der Waals surface area (Å²) in [7, 11) is 0. The van der Waals surface area contributed by atoms with Gasteiger partial charge in [-0.1, -0.05) is 109 Å². The van der Waals surface area contributed by atoms with Crippen LogP contribution in [0, 0.1) is 0 Å². The highest BCUT2D eigenvalue weighted by Crippen LogP contribution is 2.45. The van der Waals surface area contributed by atoms with E-state index < -0.39 is 0 Å². The molecule has 0 spiro atoms. The van der Waals surface area contributed by atoms with E-state index in [1.807, 2.05) is 42.5 Å². The zero-order chi connectivity index (χ0) is 32.3. The predicted molar refractivity (Wildman–Crippen MR) is 202 cm³/mol. The minimum Gasteiger partial charge on any atom is -0.456 e. The van der Waals surface area contributed by atoms with Gasteiger partial charge in [0, 0.05) is 28.4 Å². The molecule has 10 rings (SSSR count). The summed E-state index contributed by atoms with van der Waals surface area (Å²) in [6, 6.07) is 59.4. The van der Waals surface area contributed by atoms with Gasteiger partial charge < -0.3 is 13.7 Å². The first-order valence-electron chi connectivity index (χ1n) is 16.5. The second-order valence-electron chi connectivity index (χ2n) is 12.4. The van der Waals surface area contributed by atoms with Gasteiger partial charge in [0.15, 0.2) is 5.58 Å². The third-order valence-corrected chi connectivity index (χ3v) is 9.44. The van der Waals surface area contributed by atoms with Crippen LogP contribution in [0.2, 0.25) is 0 Å². The second-order valence-corrected chi connectivity index (χ2v) is 12.4. The molecule has 0 unspecified atom stereocenters. The first-order valence-corrected chi connectivity index (χ1v) is 16.5. The molecule has 0 saturated heterocycles. The van der Waals surface area contributed by atoms with Gasteiger partial charge in [-0.2, -0.15) is 0 Å². The SMILES string of the molecule is c1ccc(-c2cccc(N(c3ccc4ccc5ccccc5c4c3)c3cccc4oc5cc6nc(-c7ccccc7)oc6cc5c34)c2)cc1. The van der Waals surface area contributed by atoms with Gasteiger partial charge in [-0.25, -0.2) is 4.98 Å². The van der Waals surface area contributed by atoms with Gasteiger partial charge in [-0.05, 0) is 87.3 Å². The number of rotatable bonds is 5. The Balaban J connectivity index is 1.23. The summed E-state index contributed by atoms with van der Waals surface area (Å²) in [4.78, 5) is 7.16. The maximum Gasteiger partial charge on any atom is 0.227 e. The van der Waals surface area contributed by atoms with Crippen LogP contribution in [0.3, 0.4) is 0 Å². The molecule has 0 atom stereocenters. The quantitative estimate of drug-likeness (QED) is 0.178. The number of aromatic nitrogens is 1. The van der Waals surface area contributed by atoms with E-state index in [2.05, 4.69) is 132 Å². The zero-order valence-corrected chi connectivity index (χ0v) is 26.4. The molecule has 2 heterocycles. The van der Waals surface area contributed by atoms with Crippen LogP contribution in [0.15, 0.2) is 179 Å². The van der Waals surface area contributed by atoms with Gasteiger partial charge in [0.25, 0.3) is 0 Å². The molecule has 0 aliphatic carbocycles. The van der Waals surface area contributed by atoms with Crippen molar-refractivity contribution in [3.05, 3.63) is 170 Å². The third-order valence-electron chi connectivity index (χ3n) is 9.44. The molecule has 0 amide bonds. The molecule has 49 heavy (non-hydrogen) atoms. The number of oxazole rings is 1. The maximum absolute atomic E-state index is 6.55. The van der Waals surface area contributed by atoms with Crippen molar-refractivity contribution in [2.45, 2.75) is 0 Å². The maximum atomic E-state index is 6.55. The van der Waals surface area contributed by atoms with Gasteiger partial charge in [0.1, 0.15) is 16.7 Å². The van der Waals surface area contributed by atoms with E-state index in [1.54, 1.807) is 0 Å². The molecule has 0 aliphatic heterocycles. The first-order chi connectivity index (χ1) is 24.3. The molecule has 4 nitrogen and oxygen atoms in total. The summed E-state index contributed by atoms with van der Waals surface area (Å²) >= 11 is 0. The molecule has 4 heteroatoms. The number of anilines is 3. The standard InChI is InChI=1S/C45H28N2O2/c1-3-11-29(12-4-1)33-16-9-17-34(25-33)47(35-24-23-31-22-21-30-13-7-8-18-36(30)37(31)26-35)40-19-10-20-41-44(40)38-27-43-39(28-42(38)48-41)46-45(49-43)32-14-5-2-6-15-32/h1-28H. The van der Waals surface area contributed by atoms with Crippen LogP contribution in [0.5, 0.6) is 0 Å². The average molecular weight is 629 g/mol. The summed E-state index contributed by atoms with van der Waals surface area (Å²) in [6.07, 6.45) is 0. The van der Waals surface area contributed by atoms with Gasteiger partial charge in [-0.15, -0.1) is 0 Å². The number of hydrogen-bond acceptors (Lipinski definition) is 4. The lowest BCUT2D eigenvalue weighted by Crippen LogP contribution is -2.10. The topological polar surface area (TPSA) is 42.4 Å². The van der Waals surface area contributed by atoms with Crippen molar-refractivity contribution in [3.8, 4) is 22.6 Å². The van der Waals surface area contributed by atoms with Crippen LogP contribution < -0.4 is 4.90 Å². The molecule has 0 N–H and O–H groups in total. The van der Waals surface area contributed by atoms with Crippen LogP contribution in [0.25, 0.3) is 77.2 Å². The number of furan rings is 1. The molecule has 0 bridgehead atoms. The van der Waals surface area contributed by atoms with Crippen molar-refractivity contribution < 1.29 is 8.83 Å². The monoisotopic (exact) mass is 628 g/mol. The molecule has 0 aliphatic rings. The van der Waals surface area contributed by atoms with Crippen LogP contribution in [0.1, 0.15) is 0 Å². The number of hydrogen-bond donors (Lipinski definition) is 0. The summed E-state index contributed by atoms with van der Waals surface area (Å²) in [5.41, 5.74) is 9.44. The predicted octanol–water partition coefficient (Wildman–Crippen LogP) is 12.8. The Hall–Kier alpha value is -6.65. The first kappa shape index (κ1) is 27.5. The highest BCUT2D eigenvalue weighted by atomic mass is 16.4. The van der Waals surface area contributed by atoms with Crippen molar-refractivity contribution in [2.75, 3.05) is 4.90 Å². The van der Waals surface area contributed by atoms with E-state index in [1.165, 1.54) is 27.1 Å². The van der Waals surface area contributed by atoms with Gasteiger partial charge in [0.2, 0.25) is 5.89 Å². The summed E-state index contributed by atoms with van der Waals surface area (Å²) in [5.74, 6) is 0.593. The third kappa shape index (κ3) is 4.57. The Bertz CT molecular complexity index is 2830. The fourth-order valence-electron chi connectivity index (χ4n) is 7.13. The van der Waals surface area contributed by atoms with Crippen molar-refractivity contribution in [1.29, 1.82) is 0 Å². The van der Waals surface area contributed by atoms with E-state index in [4.69, 9.17) is 13.8 Å². The van der Waals surface area contributed by atoms with E-state index >= 15 is 0 Å². The molecule has 2 aromatic heterocycles. The second kappa shape index (κ2) is 11.0. The summed E-state index contributed by atoms with van der Waals surface area (Å²) < 4.78 is 12.9. The van der Waals surface area contributed by atoms with Crippen molar-refractivity contribution in [3.63, 3.8) is 0 Å². The molecular weight excluding hydrogens is 601 g/mol. The van der Waals surface area contributed by atoms with E-state index in [0.29, 0.717) is 5.89 Å². The molecule has 0 radical (unpaired) electrons. The summed E-state index contributed by atoms with van der Waals surface area (Å²) in [6.45, 7) is 0. The van der Waals surface area contributed by atoms with Crippen molar-refractivity contribution >= 4 is 71.6 Å². The highest BCUT2D eigenvalue weighted by molar-refractivity contribution is 6.16. The smallest absolute Gasteiger partial charge is 0.227 e. The lowest BCUT2D eigenvalue weighted by atomic mass is 10.00. The fraction of sp³-hybridized carbons (Fsp3) is 0. The molecule has 8 aromatic carbocycles. The Morgan fingerprint density at radius 1 is 0.408 bits per heavy atom. The van der Waals surface area contributed by atoms with Gasteiger partial charge >= 0.3 is 0 Å². The average Bonchev–Trinajstić information content (AvgIpc) is 3.76. The zero-order valence-electron chi connectivity index (χ0n) is 26.4. The molecular formula is C45H28N2O2. The van der Waals surface area contributed by atoms with Crippen LogP contribution in [-0.2, 0) is 0 Å². The number of benzene rings is 8. The Morgan fingerprint density at radius 2 is 1.10 bits per heavy atom. The van der Waals surface area contributed by atoms with E-state index in [9.17, 15) is 0 Å². The lowest BCUT2D eigenvalue weighted by Gasteiger charge is -2.27. The Morgan fingerprint density at radius 3 is 1.96 bits per heavy atom. The normalized spacial score (nSPS) is 11.7. The molecule has 0 fully saturated rings. The molecule has 0 saturated carbocycles. The minimum absolute atomic E-state index is 0.593. The Kier molecular flexibility index (Phi) is 6.15. The Labute approximate surface area is 282 Å². The number of fused-ring (bicyclic) bond motifs is 7. The van der Waals surface area contributed by atoms with Crippen LogP contribution >= 0.6 is 0 Å². The van der Waals surface area contributed by atoms with Gasteiger partial charge in [0.05, 0.1) is 11.1 Å². The largest absolute Gasteiger partial charge is 0.456 e. The van der Waals surface area contributed by atoms with Crippen LogP contribution in [0.4, 0.5) is 17.1 Å². The van der Waals surface area contributed by atoms with Crippen molar-refractivity contribution in [2.24, 2.45) is 0 Å². The summed E-state index contributed by atoms with van der Waals surface area (Å²) in [5, 5.41) is 6.85. The van der Waals surface area contributed by atoms with Crippen molar-refractivity contribution in [1.82, 2.24) is 4.98 Å². The van der Waals surface area contributed by atoms with E-state index in [0.717, 1.165) is 61.2 Å².